The highest BCUT2D eigenvalue weighted by Gasteiger charge is 2.35. The van der Waals surface area contributed by atoms with Crippen molar-refractivity contribution in [2.45, 2.75) is 19.9 Å². The number of aryl methyl sites for hydroxylation is 1. The van der Waals surface area contributed by atoms with Crippen molar-refractivity contribution in [3.8, 4) is 34.4 Å². The molecule has 5 rings (SSSR count). The monoisotopic (exact) mass is 602 g/mol. The maximum Gasteiger partial charge on any atom is 0.339 e. The van der Waals surface area contributed by atoms with E-state index >= 15 is 8.78 Å². The van der Waals surface area contributed by atoms with Gasteiger partial charge in [0.05, 0.1) is 5.92 Å². The number of carbonyl (C=O) groups is 2. The van der Waals surface area contributed by atoms with E-state index < -0.39 is 41.0 Å². The quantitative estimate of drug-likeness (QED) is 0.240. The van der Waals surface area contributed by atoms with Crippen LogP contribution in [0.3, 0.4) is 0 Å². The number of nitrogens with two attached hydrogens (primary N) is 1. The van der Waals surface area contributed by atoms with E-state index in [4.69, 9.17) is 15.2 Å². The van der Waals surface area contributed by atoms with Crippen molar-refractivity contribution in [3.63, 3.8) is 0 Å². The second-order valence-corrected chi connectivity index (χ2v) is 10.8. The summed E-state index contributed by atoms with van der Waals surface area (Å²) in [4.78, 5) is 31.4. The first kappa shape index (κ1) is 30.4. The third-order valence-electron chi connectivity index (χ3n) is 7.41. The van der Waals surface area contributed by atoms with Crippen molar-refractivity contribution in [1.29, 1.82) is 0 Å². The van der Waals surface area contributed by atoms with Crippen LogP contribution in [0.5, 0.6) is 23.3 Å². The Bertz CT molecular complexity index is 1730. The molecule has 9 nitrogen and oxygen atoms in total. The fourth-order valence-electron chi connectivity index (χ4n) is 5.16. The smallest absolute Gasteiger partial charge is 0.339 e. The molecule has 228 valence electrons. The van der Waals surface area contributed by atoms with E-state index in [1.165, 1.54) is 21.9 Å². The molecule has 0 bridgehead atoms. The van der Waals surface area contributed by atoms with Gasteiger partial charge in [-0.15, -0.1) is 0 Å². The first-order chi connectivity index (χ1) is 21.0. The average Bonchev–Trinajstić information content (AvgIpc) is 3.49. The minimum Gasteiger partial charge on any atom is -0.478 e. The van der Waals surface area contributed by atoms with E-state index in [-0.39, 0.29) is 36.1 Å². The van der Waals surface area contributed by atoms with Gasteiger partial charge in [-0.3, -0.25) is 4.79 Å². The zero-order valence-corrected chi connectivity index (χ0v) is 24.5. The van der Waals surface area contributed by atoms with Crippen LogP contribution in [0, 0.1) is 24.5 Å². The fraction of sp³-hybridized carbons (Fsp3) is 0.242. The number of rotatable bonds is 9. The number of carbonyl (C=O) groups excluding carboxylic acids is 1. The molecular formula is C33H32F2N4O5. The molecule has 0 radical (unpaired) electrons. The summed E-state index contributed by atoms with van der Waals surface area (Å²) in [6, 6.07) is 18.8. The van der Waals surface area contributed by atoms with Crippen molar-refractivity contribution >= 4 is 17.6 Å². The highest BCUT2D eigenvalue weighted by Crippen LogP contribution is 2.41. The molecule has 0 saturated carbocycles. The normalized spacial score (nSPS) is 14.4. The van der Waals surface area contributed by atoms with E-state index in [1.807, 2.05) is 30.3 Å². The summed E-state index contributed by atoms with van der Waals surface area (Å²) in [5.41, 5.74) is 8.31. The molecular weight excluding hydrogens is 570 g/mol. The number of ether oxygens (including phenoxy) is 2. The first-order valence-electron chi connectivity index (χ1n) is 14.0. The van der Waals surface area contributed by atoms with Gasteiger partial charge in [0.1, 0.15) is 22.7 Å². The number of aromatic carboxylic acids is 1. The SMILES string of the molecule is Cc1ccc(C(=O)O)c(Oc2nc(Oc3cccc(-c4cccc(CN)c4)c3)c(F)c(N3CCC(C(=O)N(C)C)C3)c2F)c1. The summed E-state index contributed by atoms with van der Waals surface area (Å²) >= 11 is 0. The molecule has 2 heterocycles. The van der Waals surface area contributed by atoms with Crippen molar-refractivity contribution in [2.24, 2.45) is 11.7 Å². The number of anilines is 1. The lowest BCUT2D eigenvalue weighted by Crippen LogP contribution is -2.32. The van der Waals surface area contributed by atoms with Gasteiger partial charge < -0.3 is 30.1 Å². The van der Waals surface area contributed by atoms with E-state index in [0.717, 1.165) is 16.7 Å². The van der Waals surface area contributed by atoms with E-state index in [1.54, 1.807) is 45.3 Å². The minimum absolute atomic E-state index is 0.0610. The predicted molar refractivity (Wildman–Crippen MR) is 161 cm³/mol. The van der Waals surface area contributed by atoms with Crippen molar-refractivity contribution in [3.05, 3.63) is 95.1 Å². The number of hydrogen-bond acceptors (Lipinski definition) is 7. The third kappa shape index (κ3) is 6.32. The van der Waals surface area contributed by atoms with E-state index in [9.17, 15) is 14.7 Å². The van der Waals surface area contributed by atoms with Crippen LogP contribution in [-0.2, 0) is 11.3 Å². The van der Waals surface area contributed by atoms with Crippen molar-refractivity contribution in [2.75, 3.05) is 32.1 Å². The van der Waals surface area contributed by atoms with Crippen LogP contribution in [0.4, 0.5) is 14.5 Å². The van der Waals surface area contributed by atoms with E-state index in [2.05, 4.69) is 4.98 Å². The van der Waals surface area contributed by atoms with Gasteiger partial charge in [-0.1, -0.05) is 36.4 Å². The first-order valence-corrected chi connectivity index (χ1v) is 14.0. The van der Waals surface area contributed by atoms with Crippen LogP contribution >= 0.6 is 0 Å². The molecule has 1 aliphatic heterocycles. The van der Waals surface area contributed by atoms with Gasteiger partial charge in [0, 0.05) is 33.7 Å². The lowest BCUT2D eigenvalue weighted by Gasteiger charge is -2.23. The predicted octanol–water partition coefficient (Wildman–Crippen LogP) is 5.99. The maximum atomic E-state index is 16.1. The van der Waals surface area contributed by atoms with Crippen LogP contribution < -0.4 is 20.1 Å². The lowest BCUT2D eigenvalue weighted by molar-refractivity contribution is -0.132. The molecule has 3 N–H and O–H groups in total. The molecule has 1 fully saturated rings. The van der Waals surface area contributed by atoms with Gasteiger partial charge in [0.2, 0.25) is 17.5 Å². The number of halogens is 2. The highest BCUT2D eigenvalue weighted by atomic mass is 19.1. The molecule has 44 heavy (non-hydrogen) atoms. The Balaban J connectivity index is 1.57. The molecule has 1 aromatic heterocycles. The number of carboxylic acids is 1. The average molecular weight is 603 g/mol. The van der Waals surface area contributed by atoms with Gasteiger partial charge in [-0.25, -0.2) is 4.79 Å². The van der Waals surface area contributed by atoms with Crippen LogP contribution in [0.2, 0.25) is 0 Å². The minimum atomic E-state index is -1.29. The molecule has 1 atom stereocenters. The number of aromatic nitrogens is 1. The Kier molecular flexibility index (Phi) is 8.77. The van der Waals surface area contributed by atoms with Crippen LogP contribution in [0.1, 0.15) is 27.9 Å². The van der Waals surface area contributed by atoms with E-state index in [0.29, 0.717) is 18.5 Å². The third-order valence-corrected chi connectivity index (χ3v) is 7.41. The largest absolute Gasteiger partial charge is 0.478 e. The number of amides is 1. The maximum absolute atomic E-state index is 16.1. The van der Waals surface area contributed by atoms with Crippen LogP contribution in [0.15, 0.2) is 66.7 Å². The molecule has 11 heteroatoms. The molecule has 1 saturated heterocycles. The molecule has 4 aromatic rings. The zero-order chi connectivity index (χ0) is 31.5. The second-order valence-electron chi connectivity index (χ2n) is 10.8. The van der Waals surface area contributed by atoms with Gasteiger partial charge in [0.15, 0.2) is 0 Å². The van der Waals surface area contributed by atoms with Gasteiger partial charge in [0.25, 0.3) is 11.8 Å². The van der Waals surface area contributed by atoms with Crippen LogP contribution in [0.25, 0.3) is 11.1 Å². The van der Waals surface area contributed by atoms with Crippen molar-refractivity contribution in [1.82, 2.24) is 9.88 Å². The zero-order valence-electron chi connectivity index (χ0n) is 24.5. The Morgan fingerprint density at radius 2 is 1.68 bits per heavy atom. The molecule has 1 aliphatic rings. The summed E-state index contributed by atoms with van der Waals surface area (Å²) in [7, 11) is 3.25. The molecule has 0 spiro atoms. The molecule has 1 amide bonds. The molecule has 3 aromatic carbocycles. The summed E-state index contributed by atoms with van der Waals surface area (Å²) in [6.07, 6.45) is 0.384. The number of nitrogens with zero attached hydrogens (tertiary/aromatic N) is 3. The number of hydrogen-bond donors (Lipinski definition) is 2. The Labute approximate surface area is 253 Å². The van der Waals surface area contributed by atoms with Gasteiger partial charge in [-0.05, 0) is 65.9 Å². The van der Waals surface area contributed by atoms with Gasteiger partial charge in [-0.2, -0.15) is 13.8 Å². The molecule has 0 aliphatic carbocycles. The second kappa shape index (κ2) is 12.7. The number of pyridine rings is 1. The summed E-state index contributed by atoms with van der Waals surface area (Å²) in [6.45, 7) is 2.34. The number of benzene rings is 3. The number of carboxylic acid groups (broad SMARTS) is 1. The summed E-state index contributed by atoms with van der Waals surface area (Å²) in [5, 5.41) is 9.67. The Hall–Kier alpha value is -5.03. The molecule has 1 unspecified atom stereocenters. The van der Waals surface area contributed by atoms with Crippen LogP contribution in [-0.4, -0.2) is 54.1 Å². The summed E-state index contributed by atoms with van der Waals surface area (Å²) in [5.74, 6) is -5.33. The van der Waals surface area contributed by atoms with Crippen molar-refractivity contribution < 1.29 is 33.0 Å². The van der Waals surface area contributed by atoms with Gasteiger partial charge >= 0.3 is 5.97 Å². The fourth-order valence-corrected chi connectivity index (χ4v) is 5.16. The summed E-state index contributed by atoms with van der Waals surface area (Å²) < 4.78 is 43.9. The highest BCUT2D eigenvalue weighted by molar-refractivity contribution is 5.91. The standard InChI is InChI=1S/C33H32F2N4O5/c1-19-10-11-25(33(41)42)26(14-19)44-31-28(35)29(39-13-12-23(18-39)32(40)38(2)3)27(34)30(37-31)43-24-9-5-8-22(16-24)21-7-4-6-20(15-21)17-36/h4-11,14-16,23H,12-13,17-18,36H2,1-3H3,(H,41,42). The lowest BCUT2D eigenvalue weighted by atomic mass is 10.0. The topological polar surface area (TPSA) is 118 Å². The Morgan fingerprint density at radius 1 is 1.00 bits per heavy atom. The Morgan fingerprint density at radius 3 is 2.36 bits per heavy atom.